The van der Waals surface area contributed by atoms with E-state index in [-0.39, 0.29) is 67.6 Å². The fraction of sp³-hybridized carbons (Fsp3) is 0.641. The summed E-state index contributed by atoms with van der Waals surface area (Å²) in [6.07, 6.45) is 0.389. The number of amides is 2. The number of aryl methyl sites for hydroxylation is 1. The van der Waals surface area contributed by atoms with Gasteiger partial charge in [-0.25, -0.2) is 42.3 Å². The van der Waals surface area contributed by atoms with Crippen LogP contribution in [0.2, 0.25) is 0 Å². The molecule has 3 atom stereocenters. The highest BCUT2D eigenvalue weighted by Crippen LogP contribution is 2.49. The molecule has 5 rings (SSSR count). The van der Waals surface area contributed by atoms with Gasteiger partial charge in [0.05, 0.1) is 38.8 Å². The third-order valence-electron chi connectivity index (χ3n) is 10.6. The molecule has 1 saturated carbocycles. The first-order valence-electron chi connectivity index (χ1n) is 19.3. The van der Waals surface area contributed by atoms with E-state index in [1.807, 2.05) is 46.4 Å². The fourth-order valence-corrected chi connectivity index (χ4v) is 8.43. The summed E-state index contributed by atoms with van der Waals surface area (Å²) in [7, 11) is -2.25. The van der Waals surface area contributed by atoms with E-state index in [0.717, 1.165) is 35.8 Å². The number of likely N-dealkylation sites (N-methyl/N-ethyl adjacent to an activating group) is 1. The number of ether oxygens (including phenoxy) is 4. The minimum atomic E-state index is -3.41. The van der Waals surface area contributed by atoms with E-state index < -0.39 is 51.2 Å². The molecule has 1 N–H and O–H groups in total. The molecule has 2 fully saturated rings. The van der Waals surface area contributed by atoms with Crippen LogP contribution in [0.4, 0.5) is 21.0 Å². The lowest BCUT2D eigenvalue weighted by Crippen LogP contribution is -2.59. The van der Waals surface area contributed by atoms with Crippen LogP contribution < -0.4 is 14.5 Å². The van der Waals surface area contributed by atoms with Gasteiger partial charge in [-0.05, 0) is 68.2 Å². The summed E-state index contributed by atoms with van der Waals surface area (Å²) in [6.45, 7) is 26.0. The predicted molar refractivity (Wildman–Crippen MR) is 212 cm³/mol. The number of nitrogens with zero attached hydrogens (tertiary/aromatic N) is 7. The van der Waals surface area contributed by atoms with Crippen molar-refractivity contribution in [3.05, 3.63) is 52.5 Å². The molecule has 2 aliphatic heterocycles. The standard InChI is InChI=1S/C39H56N8O9S/c1-12-44(16-15-41-57(11,51)52)28-13-14-29(25(3)23-28)46(37(50)53-10)39(56-36(49)45-17-19-54-20-18-45)32(40-9)30(33-42-35(38(6,7)8)43-47(33)39)34(48)55-31-26(4)21-24(2)22-27(31)5/h13-14,23-24,26-27,31,41H,12,15-22H2,1-8,10-11H3. The number of hydrogen-bond acceptors (Lipinski definition) is 12. The molecule has 3 aliphatic rings. The summed E-state index contributed by atoms with van der Waals surface area (Å²) in [6, 6.07) is 5.12. The van der Waals surface area contributed by atoms with Gasteiger partial charge >= 0.3 is 24.0 Å². The van der Waals surface area contributed by atoms with E-state index in [4.69, 9.17) is 35.6 Å². The fourth-order valence-electron chi connectivity index (χ4n) is 7.97. The summed E-state index contributed by atoms with van der Waals surface area (Å²) in [5.41, 5.74) is -0.0630. The summed E-state index contributed by atoms with van der Waals surface area (Å²) in [4.78, 5) is 56.4. The zero-order valence-electron chi connectivity index (χ0n) is 34.6. The first-order valence-corrected chi connectivity index (χ1v) is 21.2. The van der Waals surface area contributed by atoms with Crippen LogP contribution in [0.25, 0.3) is 10.4 Å². The Bertz CT molecular complexity index is 2020. The molecule has 17 nitrogen and oxygen atoms in total. The van der Waals surface area contributed by atoms with Crippen molar-refractivity contribution in [3.8, 4) is 0 Å². The van der Waals surface area contributed by atoms with Crippen LogP contribution in [-0.2, 0) is 45.0 Å². The molecule has 0 radical (unpaired) electrons. The summed E-state index contributed by atoms with van der Waals surface area (Å²) < 4.78 is 50.8. The van der Waals surface area contributed by atoms with Gasteiger partial charge < -0.3 is 28.7 Å². The minimum Gasteiger partial charge on any atom is -0.459 e. The second-order valence-electron chi connectivity index (χ2n) is 16.3. The first-order chi connectivity index (χ1) is 26.8. The highest BCUT2D eigenvalue weighted by molar-refractivity contribution is 7.88. The molecular weight excluding hydrogens is 757 g/mol. The maximum absolute atomic E-state index is 14.7. The molecule has 312 valence electrons. The van der Waals surface area contributed by atoms with Gasteiger partial charge in [0.25, 0.3) is 5.70 Å². The van der Waals surface area contributed by atoms with E-state index in [0.29, 0.717) is 30.3 Å². The minimum absolute atomic E-state index is 0.0237. The van der Waals surface area contributed by atoms with Gasteiger partial charge in [-0.3, -0.25) is 0 Å². The van der Waals surface area contributed by atoms with Crippen molar-refractivity contribution in [2.75, 3.05) is 69.1 Å². The number of morpholine rings is 1. The summed E-state index contributed by atoms with van der Waals surface area (Å²) >= 11 is 0. The monoisotopic (exact) mass is 812 g/mol. The van der Waals surface area contributed by atoms with E-state index in [2.05, 4.69) is 16.5 Å². The van der Waals surface area contributed by atoms with Crippen LogP contribution in [-0.4, -0.2) is 112 Å². The molecule has 1 saturated heterocycles. The normalized spacial score (nSPS) is 23.7. The molecule has 57 heavy (non-hydrogen) atoms. The quantitative estimate of drug-likeness (QED) is 0.141. The van der Waals surface area contributed by atoms with Gasteiger partial charge in [0, 0.05) is 43.8 Å². The average Bonchev–Trinajstić information content (AvgIpc) is 3.69. The summed E-state index contributed by atoms with van der Waals surface area (Å²) in [5.74, 6) is -2.77. The topological polar surface area (TPSA) is 179 Å². The van der Waals surface area contributed by atoms with Gasteiger partial charge in [0.2, 0.25) is 10.0 Å². The van der Waals surface area contributed by atoms with Gasteiger partial charge in [0.1, 0.15) is 11.7 Å². The number of benzene rings is 1. The Hall–Kier alpha value is -4.73. The number of rotatable bonds is 11. The number of sulfonamides is 1. The Morgan fingerprint density at radius 3 is 2.32 bits per heavy atom. The molecule has 0 bridgehead atoms. The predicted octanol–water partition coefficient (Wildman–Crippen LogP) is 4.87. The lowest BCUT2D eigenvalue weighted by molar-refractivity contribution is -0.150. The molecule has 18 heteroatoms. The Morgan fingerprint density at radius 1 is 1.12 bits per heavy atom. The van der Waals surface area contributed by atoms with E-state index in [9.17, 15) is 22.8 Å². The second-order valence-corrected chi connectivity index (χ2v) is 18.1. The van der Waals surface area contributed by atoms with Gasteiger partial charge in [0.15, 0.2) is 11.6 Å². The molecular formula is C39H56N8O9S. The molecule has 1 aromatic carbocycles. The van der Waals surface area contributed by atoms with Crippen molar-refractivity contribution in [2.24, 2.45) is 17.8 Å². The number of aromatic nitrogens is 3. The van der Waals surface area contributed by atoms with Crippen molar-refractivity contribution in [2.45, 2.75) is 85.6 Å². The largest absolute Gasteiger partial charge is 0.459 e. The Labute approximate surface area is 335 Å². The van der Waals surface area contributed by atoms with Gasteiger partial charge in [-0.2, -0.15) is 9.78 Å². The van der Waals surface area contributed by atoms with Gasteiger partial charge in [-0.1, -0.05) is 41.5 Å². The molecule has 0 spiro atoms. The maximum Gasteiger partial charge on any atom is 0.418 e. The molecule has 1 aliphatic carbocycles. The molecule has 3 heterocycles. The van der Waals surface area contributed by atoms with Crippen LogP contribution in [0.1, 0.15) is 78.5 Å². The van der Waals surface area contributed by atoms with Crippen LogP contribution >= 0.6 is 0 Å². The third kappa shape index (κ3) is 8.90. The third-order valence-corrected chi connectivity index (χ3v) is 11.4. The van der Waals surface area contributed by atoms with Crippen molar-refractivity contribution >= 4 is 45.1 Å². The average molecular weight is 813 g/mol. The lowest BCUT2D eigenvalue weighted by Gasteiger charge is -2.41. The molecule has 2 aromatic rings. The van der Waals surface area contributed by atoms with Crippen molar-refractivity contribution in [3.63, 3.8) is 0 Å². The smallest absolute Gasteiger partial charge is 0.418 e. The number of nitrogens with one attached hydrogen (secondary N) is 1. The summed E-state index contributed by atoms with van der Waals surface area (Å²) in [5, 5.41) is 4.82. The van der Waals surface area contributed by atoms with Crippen LogP contribution in [0.5, 0.6) is 0 Å². The first kappa shape index (κ1) is 43.4. The second kappa shape index (κ2) is 17.0. The number of carbonyl (C=O) groups excluding carboxylic acids is 3. The number of carbonyl (C=O) groups is 3. The SMILES string of the molecule is [C-]#[N+]C1=C(C(=O)OC2C(C)CC(C)CC2C)c2nc(C(C)(C)C)nn2C1(OC(=O)N1CCOCC1)N(C(=O)OC)c1ccc(N(CC)CCNS(C)(=O)=O)cc1C. The maximum atomic E-state index is 14.7. The van der Waals surface area contributed by atoms with Crippen molar-refractivity contribution in [1.29, 1.82) is 0 Å². The van der Waals surface area contributed by atoms with Crippen molar-refractivity contribution in [1.82, 2.24) is 24.4 Å². The Balaban J connectivity index is 1.75. The van der Waals surface area contributed by atoms with E-state index in [1.54, 1.807) is 25.1 Å². The Morgan fingerprint density at radius 2 is 1.77 bits per heavy atom. The highest BCUT2D eigenvalue weighted by atomic mass is 32.2. The number of anilines is 2. The van der Waals surface area contributed by atoms with Crippen LogP contribution in [0.3, 0.4) is 0 Å². The lowest BCUT2D eigenvalue weighted by atomic mass is 9.75. The number of fused-ring (bicyclic) bond motifs is 1. The van der Waals surface area contributed by atoms with Crippen molar-refractivity contribution < 1.29 is 41.7 Å². The molecule has 2 amide bonds. The molecule has 3 unspecified atom stereocenters. The van der Waals surface area contributed by atoms with E-state index >= 15 is 0 Å². The number of methoxy groups -OCH3 is 1. The van der Waals surface area contributed by atoms with Gasteiger partial charge in [-0.15, -0.1) is 0 Å². The number of esters is 1. The van der Waals surface area contributed by atoms with Crippen LogP contribution in [0.15, 0.2) is 23.9 Å². The highest BCUT2D eigenvalue weighted by Gasteiger charge is 2.62. The van der Waals surface area contributed by atoms with E-state index in [1.165, 1.54) is 4.90 Å². The van der Waals surface area contributed by atoms with Crippen LogP contribution in [0, 0.1) is 31.2 Å². The molecule has 1 aromatic heterocycles. The number of hydrogen-bond donors (Lipinski definition) is 1. The zero-order valence-corrected chi connectivity index (χ0v) is 35.4. The zero-order chi connectivity index (χ0) is 42.0. The Kier molecular flexibility index (Phi) is 13.0.